The molecule has 0 saturated carbocycles. The maximum Gasteiger partial charge on any atom is 0.291 e. The molecule has 0 unspecified atom stereocenters. The van der Waals surface area contributed by atoms with Gasteiger partial charge in [0.05, 0.1) is 11.8 Å². The molecule has 0 aliphatic carbocycles. The molecular formula is C24H24N2O2S. The highest BCUT2D eigenvalue weighted by Gasteiger charge is 2.15. The molecular weight excluding hydrogens is 380 g/mol. The number of aryl methyl sites for hydroxylation is 3. The van der Waals surface area contributed by atoms with E-state index < -0.39 is 0 Å². The molecule has 0 aliphatic rings. The van der Waals surface area contributed by atoms with E-state index in [9.17, 15) is 4.79 Å². The van der Waals surface area contributed by atoms with Crippen LogP contribution in [0.3, 0.4) is 0 Å². The number of furan rings is 1. The van der Waals surface area contributed by atoms with E-state index in [1.807, 2.05) is 30.3 Å². The Kier molecular flexibility index (Phi) is 6.79. The van der Waals surface area contributed by atoms with Crippen LogP contribution in [0, 0.1) is 32.1 Å². The third-order valence-electron chi connectivity index (χ3n) is 4.68. The molecule has 1 N–H and O–H groups in total. The summed E-state index contributed by atoms with van der Waals surface area (Å²) >= 11 is 1.55. The van der Waals surface area contributed by atoms with Crippen molar-refractivity contribution in [1.29, 1.82) is 5.26 Å². The van der Waals surface area contributed by atoms with Gasteiger partial charge in [0, 0.05) is 23.5 Å². The first-order valence-corrected chi connectivity index (χ1v) is 10.5. The van der Waals surface area contributed by atoms with Crippen molar-refractivity contribution in [2.45, 2.75) is 38.5 Å². The minimum atomic E-state index is -0.276. The predicted molar refractivity (Wildman–Crippen MR) is 118 cm³/mol. The summed E-state index contributed by atoms with van der Waals surface area (Å²) in [5, 5.41) is 11.6. The second-order valence-electron chi connectivity index (χ2n) is 7.03. The summed E-state index contributed by atoms with van der Waals surface area (Å²) in [5.41, 5.74) is 5.66. The van der Waals surface area contributed by atoms with E-state index in [4.69, 9.17) is 9.68 Å². The van der Waals surface area contributed by atoms with E-state index in [0.717, 1.165) is 16.3 Å². The summed E-state index contributed by atoms with van der Waals surface area (Å²) in [6, 6.07) is 17.6. The molecule has 0 radical (unpaired) electrons. The number of thioether (sulfide) groups is 1. The van der Waals surface area contributed by atoms with Gasteiger partial charge in [-0.15, -0.1) is 11.8 Å². The van der Waals surface area contributed by atoms with Gasteiger partial charge < -0.3 is 9.73 Å². The second-order valence-corrected chi connectivity index (χ2v) is 8.16. The molecule has 148 valence electrons. The van der Waals surface area contributed by atoms with Gasteiger partial charge in [0.2, 0.25) is 0 Å². The zero-order valence-electron chi connectivity index (χ0n) is 16.9. The maximum atomic E-state index is 12.7. The zero-order chi connectivity index (χ0) is 20.8. The average molecular weight is 405 g/mol. The smallest absolute Gasteiger partial charge is 0.291 e. The lowest BCUT2D eigenvalue weighted by molar-refractivity contribution is 0.0995. The molecule has 3 aromatic rings. The van der Waals surface area contributed by atoms with Crippen molar-refractivity contribution in [1.82, 2.24) is 0 Å². The van der Waals surface area contributed by atoms with Gasteiger partial charge in [0.1, 0.15) is 5.76 Å². The number of anilines is 1. The molecule has 0 fully saturated rings. The molecule has 1 heterocycles. The highest BCUT2D eigenvalue weighted by atomic mass is 32.2. The topological polar surface area (TPSA) is 66.0 Å². The fourth-order valence-electron chi connectivity index (χ4n) is 3.34. The van der Waals surface area contributed by atoms with Gasteiger partial charge in [-0.2, -0.15) is 5.26 Å². The third kappa shape index (κ3) is 5.30. The molecule has 0 aliphatic heterocycles. The highest BCUT2D eigenvalue weighted by Crippen LogP contribution is 2.28. The van der Waals surface area contributed by atoms with Gasteiger partial charge in [-0.3, -0.25) is 4.79 Å². The van der Waals surface area contributed by atoms with Crippen molar-refractivity contribution in [2.75, 3.05) is 11.1 Å². The van der Waals surface area contributed by atoms with Crippen molar-refractivity contribution in [3.63, 3.8) is 0 Å². The molecule has 0 atom stereocenters. The van der Waals surface area contributed by atoms with E-state index in [0.29, 0.717) is 24.4 Å². The number of carbonyl (C=O) groups excluding carboxylic acids is 1. The summed E-state index contributed by atoms with van der Waals surface area (Å²) in [4.78, 5) is 13.6. The molecule has 29 heavy (non-hydrogen) atoms. The van der Waals surface area contributed by atoms with Gasteiger partial charge in [-0.1, -0.05) is 29.8 Å². The monoisotopic (exact) mass is 404 g/mol. The lowest BCUT2D eigenvalue weighted by Crippen LogP contribution is -2.11. The quantitative estimate of drug-likeness (QED) is 0.384. The Morgan fingerprint density at radius 3 is 2.55 bits per heavy atom. The molecule has 1 amide bonds. The van der Waals surface area contributed by atoms with E-state index in [-0.39, 0.29) is 5.91 Å². The molecule has 2 aromatic carbocycles. The number of nitriles is 1. The van der Waals surface area contributed by atoms with E-state index in [1.54, 1.807) is 17.8 Å². The number of rotatable bonds is 7. The Labute approximate surface area is 175 Å². The lowest BCUT2D eigenvalue weighted by Gasteiger charge is -2.10. The number of nitrogens with one attached hydrogen (secondary N) is 1. The maximum absolute atomic E-state index is 12.7. The summed E-state index contributed by atoms with van der Waals surface area (Å²) in [5.74, 6) is 1.46. The minimum absolute atomic E-state index is 0.276. The number of amides is 1. The van der Waals surface area contributed by atoms with Crippen LogP contribution in [0.15, 0.2) is 57.8 Å². The number of nitrogens with zero attached hydrogens (tertiary/aromatic N) is 1. The Hall–Kier alpha value is -2.97. The van der Waals surface area contributed by atoms with E-state index in [1.165, 1.54) is 22.3 Å². The van der Waals surface area contributed by atoms with Crippen molar-refractivity contribution >= 4 is 23.4 Å². The molecule has 1 aromatic heterocycles. The van der Waals surface area contributed by atoms with Crippen LogP contribution in [0.5, 0.6) is 0 Å². The van der Waals surface area contributed by atoms with Crippen LogP contribution in [-0.4, -0.2) is 11.7 Å². The van der Waals surface area contributed by atoms with Gasteiger partial charge in [-0.25, -0.2) is 0 Å². The molecule has 4 nitrogen and oxygen atoms in total. The molecule has 3 rings (SSSR count). The minimum Gasteiger partial charge on any atom is -0.456 e. The molecule has 5 heteroatoms. The number of hydrogen-bond acceptors (Lipinski definition) is 4. The van der Waals surface area contributed by atoms with Crippen LogP contribution in [0.1, 0.15) is 45.0 Å². The molecule has 0 saturated heterocycles. The van der Waals surface area contributed by atoms with Crippen molar-refractivity contribution in [3.05, 3.63) is 82.3 Å². The number of para-hydroxylation sites is 1. The Morgan fingerprint density at radius 1 is 1.10 bits per heavy atom. The lowest BCUT2D eigenvalue weighted by atomic mass is 9.97. The van der Waals surface area contributed by atoms with Gasteiger partial charge in [-0.05, 0) is 61.7 Å². The number of carbonyl (C=O) groups is 1. The number of benzene rings is 2. The molecule has 0 spiro atoms. The third-order valence-corrected chi connectivity index (χ3v) is 5.76. The zero-order valence-corrected chi connectivity index (χ0v) is 17.7. The Balaban J connectivity index is 1.72. The Morgan fingerprint density at radius 2 is 1.83 bits per heavy atom. The van der Waals surface area contributed by atoms with Crippen LogP contribution in [0.2, 0.25) is 0 Å². The van der Waals surface area contributed by atoms with Crippen LogP contribution >= 0.6 is 11.8 Å². The van der Waals surface area contributed by atoms with Crippen molar-refractivity contribution in [3.8, 4) is 6.07 Å². The standard InChI is InChI=1S/C24H24N2O2S/c1-16-13-17(2)20(18(3)14-16)15-19-9-10-22(28-19)24(27)26-21-7-4-5-8-23(21)29-12-6-11-25/h4-5,7-10,13-14H,6,12,15H2,1-3H3,(H,26,27). The highest BCUT2D eigenvalue weighted by molar-refractivity contribution is 7.99. The van der Waals surface area contributed by atoms with Crippen LogP contribution in [-0.2, 0) is 6.42 Å². The summed E-state index contributed by atoms with van der Waals surface area (Å²) < 4.78 is 5.84. The van der Waals surface area contributed by atoms with Crippen LogP contribution in [0.25, 0.3) is 0 Å². The molecule has 0 bridgehead atoms. The van der Waals surface area contributed by atoms with E-state index >= 15 is 0 Å². The largest absolute Gasteiger partial charge is 0.456 e. The van der Waals surface area contributed by atoms with Crippen LogP contribution < -0.4 is 5.32 Å². The SMILES string of the molecule is Cc1cc(C)c(Cc2ccc(C(=O)Nc3ccccc3SCCC#N)o2)c(C)c1. The van der Waals surface area contributed by atoms with E-state index in [2.05, 4.69) is 44.3 Å². The first kappa shape index (κ1) is 20.8. The Bertz CT molecular complexity index is 1040. The van der Waals surface area contributed by atoms with Crippen molar-refractivity contribution in [2.24, 2.45) is 0 Å². The predicted octanol–water partition coefficient (Wildman–Crippen LogP) is 6.05. The summed E-state index contributed by atoms with van der Waals surface area (Å²) in [6.07, 6.45) is 1.12. The first-order chi connectivity index (χ1) is 14.0. The van der Waals surface area contributed by atoms with Gasteiger partial charge in [0.25, 0.3) is 5.91 Å². The van der Waals surface area contributed by atoms with Gasteiger partial charge >= 0.3 is 0 Å². The fraction of sp³-hybridized carbons (Fsp3) is 0.250. The van der Waals surface area contributed by atoms with Gasteiger partial charge in [0.15, 0.2) is 5.76 Å². The summed E-state index contributed by atoms with van der Waals surface area (Å²) in [7, 11) is 0. The first-order valence-electron chi connectivity index (χ1n) is 9.53. The number of hydrogen-bond donors (Lipinski definition) is 1. The summed E-state index contributed by atoms with van der Waals surface area (Å²) in [6.45, 7) is 6.30. The second kappa shape index (κ2) is 9.49. The van der Waals surface area contributed by atoms with Crippen molar-refractivity contribution < 1.29 is 9.21 Å². The average Bonchev–Trinajstić information content (AvgIpc) is 3.15. The normalized spacial score (nSPS) is 10.6. The van der Waals surface area contributed by atoms with Crippen LogP contribution in [0.4, 0.5) is 5.69 Å². The fourth-order valence-corrected chi connectivity index (χ4v) is 4.21.